The van der Waals surface area contributed by atoms with E-state index < -0.39 is 0 Å². The maximum absolute atomic E-state index is 12.3. The van der Waals surface area contributed by atoms with Crippen LogP contribution in [-0.2, 0) is 6.42 Å². The first-order valence-corrected chi connectivity index (χ1v) is 7.07. The van der Waals surface area contributed by atoms with Crippen LogP contribution in [0.5, 0.6) is 5.75 Å². The second-order valence-corrected chi connectivity index (χ2v) is 6.00. The van der Waals surface area contributed by atoms with E-state index in [9.17, 15) is 4.79 Å². The van der Waals surface area contributed by atoms with Gasteiger partial charge in [0, 0.05) is 18.5 Å². The van der Waals surface area contributed by atoms with Gasteiger partial charge >= 0.3 is 0 Å². The Kier molecular flexibility index (Phi) is 2.58. The fraction of sp³-hybridized carbons (Fsp3) is 0.375. The van der Waals surface area contributed by atoms with Gasteiger partial charge in [0.1, 0.15) is 5.75 Å². The number of nitrogens with zero attached hydrogens (tertiary/aromatic N) is 2. The van der Waals surface area contributed by atoms with Gasteiger partial charge in [0.25, 0.3) is 5.91 Å². The monoisotopic (exact) mass is 284 g/mol. The Morgan fingerprint density at radius 1 is 1.33 bits per heavy atom. The molecule has 5 heteroatoms. The van der Waals surface area contributed by atoms with Crippen molar-refractivity contribution in [1.29, 1.82) is 0 Å². The quantitative estimate of drug-likeness (QED) is 0.804. The summed E-state index contributed by atoms with van der Waals surface area (Å²) in [4.78, 5) is 18.1. The lowest BCUT2D eigenvalue weighted by Crippen LogP contribution is -2.62. The van der Waals surface area contributed by atoms with Crippen molar-refractivity contribution >= 4 is 5.91 Å². The highest BCUT2D eigenvalue weighted by Gasteiger charge is 2.48. The zero-order valence-corrected chi connectivity index (χ0v) is 11.8. The molecule has 2 aliphatic heterocycles. The smallest absolute Gasteiger partial charge is 0.291 e. The minimum atomic E-state index is -0.0746. The van der Waals surface area contributed by atoms with E-state index >= 15 is 0 Å². The summed E-state index contributed by atoms with van der Waals surface area (Å²) < 4.78 is 11.0. The Morgan fingerprint density at radius 2 is 2.14 bits per heavy atom. The van der Waals surface area contributed by atoms with Crippen molar-refractivity contribution in [2.45, 2.75) is 13.3 Å². The summed E-state index contributed by atoms with van der Waals surface area (Å²) in [6.07, 6.45) is 2.28. The maximum Gasteiger partial charge on any atom is 0.291 e. The Bertz CT molecular complexity index is 701. The molecule has 0 saturated carbocycles. The number of para-hydroxylation sites is 1. The molecule has 0 aliphatic carbocycles. The van der Waals surface area contributed by atoms with Gasteiger partial charge in [0.05, 0.1) is 12.3 Å². The van der Waals surface area contributed by atoms with Crippen LogP contribution in [0.2, 0.25) is 0 Å². The molecular weight excluding hydrogens is 268 g/mol. The summed E-state index contributed by atoms with van der Waals surface area (Å²) in [5.41, 5.74) is 1.93. The van der Waals surface area contributed by atoms with E-state index in [2.05, 4.69) is 11.1 Å². The Labute approximate surface area is 122 Å². The summed E-state index contributed by atoms with van der Waals surface area (Å²) in [6.45, 7) is 3.87. The van der Waals surface area contributed by atoms with Gasteiger partial charge in [-0.3, -0.25) is 4.79 Å². The van der Waals surface area contributed by atoms with Gasteiger partial charge in [0.2, 0.25) is 5.76 Å². The molecule has 2 aliphatic rings. The molecule has 1 saturated heterocycles. The van der Waals surface area contributed by atoms with E-state index in [0.29, 0.717) is 31.2 Å². The van der Waals surface area contributed by atoms with Crippen molar-refractivity contribution < 1.29 is 13.9 Å². The molecule has 1 aromatic heterocycles. The number of likely N-dealkylation sites (tertiary alicyclic amines) is 1. The molecule has 1 fully saturated rings. The Hall–Kier alpha value is -2.30. The number of fused-ring (bicyclic) bond motifs is 1. The third-order valence-corrected chi connectivity index (χ3v) is 4.35. The number of ether oxygens (including phenoxy) is 1. The molecule has 0 radical (unpaired) electrons. The molecule has 108 valence electrons. The summed E-state index contributed by atoms with van der Waals surface area (Å²) in [7, 11) is 0. The molecule has 5 nitrogen and oxygen atoms in total. The number of hydrogen-bond acceptors (Lipinski definition) is 4. The normalized spacial score (nSPS) is 18.8. The van der Waals surface area contributed by atoms with Crippen molar-refractivity contribution in [3.05, 3.63) is 47.7 Å². The van der Waals surface area contributed by atoms with Crippen LogP contribution in [0.3, 0.4) is 0 Å². The van der Waals surface area contributed by atoms with Crippen LogP contribution >= 0.6 is 0 Å². The van der Waals surface area contributed by atoms with E-state index in [1.165, 1.54) is 12.0 Å². The average Bonchev–Trinajstić information content (AvgIpc) is 2.89. The second kappa shape index (κ2) is 4.35. The lowest BCUT2D eigenvalue weighted by molar-refractivity contribution is -0.0305. The van der Waals surface area contributed by atoms with Crippen molar-refractivity contribution in [3.8, 4) is 5.75 Å². The molecular formula is C16H16N2O3. The van der Waals surface area contributed by atoms with Crippen LogP contribution < -0.4 is 4.74 Å². The van der Waals surface area contributed by atoms with Crippen LogP contribution in [0.25, 0.3) is 0 Å². The van der Waals surface area contributed by atoms with Gasteiger partial charge in [0.15, 0.2) is 6.39 Å². The van der Waals surface area contributed by atoms with Crippen molar-refractivity contribution in [1.82, 2.24) is 9.88 Å². The average molecular weight is 284 g/mol. The van der Waals surface area contributed by atoms with Crippen molar-refractivity contribution in [2.24, 2.45) is 5.41 Å². The van der Waals surface area contributed by atoms with Crippen molar-refractivity contribution in [3.63, 3.8) is 0 Å². The number of amides is 1. The molecule has 2 aromatic rings. The predicted molar refractivity (Wildman–Crippen MR) is 75.2 cm³/mol. The molecule has 1 spiro atoms. The standard InChI is InChI=1S/C16H16N2O3/c1-11-14(21-10-17-11)15(19)18-7-16(8-18)6-12-4-2-3-5-13(12)20-9-16/h2-5,10H,6-9H2,1H3. The molecule has 0 bridgehead atoms. The number of rotatable bonds is 1. The molecule has 0 N–H and O–H groups in total. The molecule has 1 amide bonds. The van der Waals surface area contributed by atoms with Gasteiger partial charge < -0.3 is 14.1 Å². The zero-order valence-electron chi connectivity index (χ0n) is 11.8. The topological polar surface area (TPSA) is 55.6 Å². The van der Waals surface area contributed by atoms with Crippen LogP contribution in [0.4, 0.5) is 0 Å². The van der Waals surface area contributed by atoms with E-state index in [-0.39, 0.29) is 11.3 Å². The highest BCUT2D eigenvalue weighted by molar-refractivity contribution is 5.93. The highest BCUT2D eigenvalue weighted by Crippen LogP contribution is 2.41. The highest BCUT2D eigenvalue weighted by atomic mass is 16.5. The van der Waals surface area contributed by atoms with Crippen molar-refractivity contribution in [2.75, 3.05) is 19.7 Å². The molecule has 3 heterocycles. The Morgan fingerprint density at radius 3 is 2.90 bits per heavy atom. The SMILES string of the molecule is Cc1ncoc1C(=O)N1CC2(COc3ccccc3C2)C1. The first-order valence-electron chi connectivity index (χ1n) is 7.07. The number of oxazole rings is 1. The Balaban J connectivity index is 1.48. The first kappa shape index (κ1) is 12.4. The minimum Gasteiger partial charge on any atom is -0.493 e. The van der Waals surface area contributed by atoms with Gasteiger partial charge in [-0.2, -0.15) is 0 Å². The van der Waals surface area contributed by atoms with Crippen LogP contribution in [0.15, 0.2) is 35.1 Å². The third kappa shape index (κ3) is 1.92. The van der Waals surface area contributed by atoms with Gasteiger partial charge in [-0.1, -0.05) is 18.2 Å². The van der Waals surface area contributed by atoms with Crippen LogP contribution in [0, 0.1) is 12.3 Å². The number of aromatic nitrogens is 1. The second-order valence-electron chi connectivity index (χ2n) is 6.00. The number of hydrogen-bond donors (Lipinski definition) is 0. The van der Waals surface area contributed by atoms with Gasteiger partial charge in [-0.05, 0) is 25.0 Å². The first-order chi connectivity index (χ1) is 10.2. The number of carbonyl (C=O) groups excluding carboxylic acids is 1. The van der Waals surface area contributed by atoms with Crippen LogP contribution in [-0.4, -0.2) is 35.5 Å². The number of aryl methyl sites for hydroxylation is 1. The summed E-state index contributed by atoms with van der Waals surface area (Å²) in [5.74, 6) is 1.25. The summed E-state index contributed by atoms with van der Waals surface area (Å²) >= 11 is 0. The third-order valence-electron chi connectivity index (χ3n) is 4.35. The minimum absolute atomic E-state index is 0.0535. The van der Waals surface area contributed by atoms with E-state index in [4.69, 9.17) is 9.15 Å². The summed E-state index contributed by atoms with van der Waals surface area (Å²) in [6, 6.07) is 8.11. The molecule has 4 rings (SSSR count). The largest absolute Gasteiger partial charge is 0.493 e. The van der Waals surface area contributed by atoms with Crippen LogP contribution in [0.1, 0.15) is 21.8 Å². The predicted octanol–water partition coefficient (Wildman–Crippen LogP) is 2.06. The van der Waals surface area contributed by atoms with E-state index in [1.54, 1.807) is 6.92 Å². The molecule has 0 atom stereocenters. The summed E-state index contributed by atoms with van der Waals surface area (Å²) in [5, 5.41) is 0. The lowest BCUT2D eigenvalue weighted by Gasteiger charge is -2.51. The van der Waals surface area contributed by atoms with Gasteiger partial charge in [-0.15, -0.1) is 0 Å². The molecule has 1 aromatic carbocycles. The molecule has 0 unspecified atom stereocenters. The zero-order chi connectivity index (χ0) is 14.4. The van der Waals surface area contributed by atoms with E-state index in [0.717, 1.165) is 12.2 Å². The fourth-order valence-electron chi connectivity index (χ4n) is 3.24. The lowest BCUT2D eigenvalue weighted by atomic mass is 9.74. The van der Waals surface area contributed by atoms with Gasteiger partial charge in [-0.25, -0.2) is 4.98 Å². The molecule has 21 heavy (non-hydrogen) atoms. The maximum atomic E-state index is 12.3. The number of carbonyl (C=O) groups is 1. The number of benzene rings is 1. The fourth-order valence-corrected chi connectivity index (χ4v) is 3.24. The van der Waals surface area contributed by atoms with E-state index in [1.807, 2.05) is 23.1 Å².